The van der Waals surface area contributed by atoms with Crippen molar-refractivity contribution in [3.05, 3.63) is 0 Å². The van der Waals surface area contributed by atoms with E-state index in [0.717, 1.165) is 6.54 Å². The zero-order valence-corrected chi connectivity index (χ0v) is 7.60. The Bertz CT molecular complexity index is 106. The fourth-order valence-electron chi connectivity index (χ4n) is 1.60. The van der Waals surface area contributed by atoms with E-state index in [9.17, 15) is 0 Å². The molecule has 1 heterocycles. The molecule has 1 saturated heterocycles. The highest BCUT2D eigenvalue weighted by molar-refractivity contribution is 4.70. The van der Waals surface area contributed by atoms with Crippen molar-refractivity contribution in [1.82, 2.24) is 5.32 Å². The first-order chi connectivity index (χ1) is 5.33. The second kappa shape index (κ2) is 4.73. The molecule has 0 aromatic rings. The molecule has 0 radical (unpaired) electrons. The molecule has 0 bridgehead atoms. The van der Waals surface area contributed by atoms with Crippen molar-refractivity contribution in [2.45, 2.75) is 44.8 Å². The van der Waals surface area contributed by atoms with E-state index in [1.54, 1.807) is 0 Å². The molecular formula is C9H19NO. The monoisotopic (exact) mass is 157 g/mol. The van der Waals surface area contributed by atoms with Gasteiger partial charge in [-0.05, 0) is 46.2 Å². The molecule has 2 unspecified atom stereocenters. The van der Waals surface area contributed by atoms with Crippen molar-refractivity contribution in [3.63, 3.8) is 0 Å². The predicted octanol–water partition coefficient (Wildman–Crippen LogP) is 1.55. The van der Waals surface area contributed by atoms with Crippen LogP contribution >= 0.6 is 0 Å². The number of nitrogens with one attached hydrogen (secondary N) is 1. The molecule has 11 heavy (non-hydrogen) atoms. The molecule has 1 fully saturated rings. The first-order valence-corrected chi connectivity index (χ1v) is 4.63. The van der Waals surface area contributed by atoms with Crippen LogP contribution in [-0.4, -0.2) is 25.8 Å². The molecule has 1 rings (SSSR count). The van der Waals surface area contributed by atoms with Crippen molar-refractivity contribution < 1.29 is 4.74 Å². The summed E-state index contributed by atoms with van der Waals surface area (Å²) >= 11 is 0. The van der Waals surface area contributed by atoms with E-state index in [2.05, 4.69) is 12.2 Å². The minimum Gasteiger partial charge on any atom is -0.375 e. The van der Waals surface area contributed by atoms with Gasteiger partial charge < -0.3 is 10.1 Å². The summed E-state index contributed by atoms with van der Waals surface area (Å²) in [5.41, 5.74) is 0. The van der Waals surface area contributed by atoms with Gasteiger partial charge in [0.25, 0.3) is 0 Å². The summed E-state index contributed by atoms with van der Waals surface area (Å²) in [5.74, 6) is 0. The van der Waals surface area contributed by atoms with E-state index in [1.165, 1.54) is 25.7 Å². The van der Waals surface area contributed by atoms with Gasteiger partial charge in [0.1, 0.15) is 0 Å². The van der Waals surface area contributed by atoms with Crippen LogP contribution in [0.15, 0.2) is 0 Å². The van der Waals surface area contributed by atoms with Gasteiger partial charge in [0.2, 0.25) is 0 Å². The van der Waals surface area contributed by atoms with Crippen molar-refractivity contribution in [1.29, 1.82) is 0 Å². The van der Waals surface area contributed by atoms with Gasteiger partial charge >= 0.3 is 0 Å². The Morgan fingerprint density at radius 2 is 2.27 bits per heavy atom. The summed E-state index contributed by atoms with van der Waals surface area (Å²) in [4.78, 5) is 0. The minimum atomic E-state index is 0.509. The summed E-state index contributed by atoms with van der Waals surface area (Å²) in [7, 11) is 2.00. The molecule has 1 aliphatic heterocycles. The lowest BCUT2D eigenvalue weighted by Crippen LogP contribution is -2.13. The Morgan fingerprint density at radius 3 is 2.82 bits per heavy atom. The fourth-order valence-corrected chi connectivity index (χ4v) is 1.60. The Morgan fingerprint density at radius 1 is 1.45 bits per heavy atom. The highest BCUT2D eigenvalue weighted by Crippen LogP contribution is 2.22. The Balaban J connectivity index is 1.99. The van der Waals surface area contributed by atoms with Crippen LogP contribution in [-0.2, 0) is 4.74 Å². The Labute approximate surface area is 69.3 Å². The summed E-state index contributed by atoms with van der Waals surface area (Å²) in [6, 6.07) is 0. The van der Waals surface area contributed by atoms with Gasteiger partial charge in [-0.1, -0.05) is 0 Å². The maximum Gasteiger partial charge on any atom is 0.0580 e. The molecular weight excluding hydrogens is 138 g/mol. The van der Waals surface area contributed by atoms with Gasteiger partial charge in [-0.25, -0.2) is 0 Å². The maximum absolute atomic E-state index is 5.68. The van der Waals surface area contributed by atoms with Crippen LogP contribution in [0.3, 0.4) is 0 Å². The normalized spacial score (nSPS) is 31.1. The van der Waals surface area contributed by atoms with Crippen LogP contribution in [0.25, 0.3) is 0 Å². The van der Waals surface area contributed by atoms with Crippen molar-refractivity contribution in [2.75, 3.05) is 13.6 Å². The van der Waals surface area contributed by atoms with E-state index < -0.39 is 0 Å². The average Bonchev–Trinajstić information content (AvgIpc) is 2.37. The number of hydrogen-bond acceptors (Lipinski definition) is 2. The third-order valence-corrected chi connectivity index (χ3v) is 2.27. The quantitative estimate of drug-likeness (QED) is 0.625. The van der Waals surface area contributed by atoms with Gasteiger partial charge in [0, 0.05) is 0 Å². The average molecular weight is 157 g/mol. The molecule has 1 aliphatic rings. The first kappa shape index (κ1) is 9.01. The van der Waals surface area contributed by atoms with Crippen LogP contribution < -0.4 is 5.32 Å². The lowest BCUT2D eigenvalue weighted by molar-refractivity contribution is 0.0500. The molecule has 0 spiro atoms. The number of ether oxygens (including phenoxy) is 1. The second-order valence-corrected chi connectivity index (χ2v) is 3.39. The molecule has 0 saturated carbocycles. The van der Waals surface area contributed by atoms with Crippen LogP contribution in [0.4, 0.5) is 0 Å². The first-order valence-electron chi connectivity index (χ1n) is 4.63. The highest BCUT2D eigenvalue weighted by atomic mass is 16.5. The van der Waals surface area contributed by atoms with Gasteiger partial charge in [-0.15, -0.1) is 0 Å². The zero-order valence-electron chi connectivity index (χ0n) is 7.60. The third kappa shape index (κ3) is 3.21. The van der Waals surface area contributed by atoms with Crippen molar-refractivity contribution in [2.24, 2.45) is 0 Å². The van der Waals surface area contributed by atoms with Crippen LogP contribution in [0.2, 0.25) is 0 Å². The van der Waals surface area contributed by atoms with Crippen LogP contribution in [0.1, 0.15) is 32.6 Å². The lowest BCUT2D eigenvalue weighted by Gasteiger charge is -2.09. The van der Waals surface area contributed by atoms with E-state index >= 15 is 0 Å². The zero-order chi connectivity index (χ0) is 8.10. The minimum absolute atomic E-state index is 0.509. The van der Waals surface area contributed by atoms with Crippen LogP contribution in [0, 0.1) is 0 Å². The molecule has 0 aliphatic carbocycles. The molecule has 1 N–H and O–H groups in total. The van der Waals surface area contributed by atoms with E-state index in [0.29, 0.717) is 12.2 Å². The molecule has 2 atom stereocenters. The molecule has 2 nitrogen and oxygen atoms in total. The van der Waals surface area contributed by atoms with Gasteiger partial charge in [-0.3, -0.25) is 0 Å². The molecule has 0 amide bonds. The molecule has 0 aromatic carbocycles. The SMILES string of the molecule is CNCCCC1CCC(C)O1. The van der Waals surface area contributed by atoms with Gasteiger partial charge in [0.05, 0.1) is 12.2 Å². The Kier molecular flexibility index (Phi) is 3.87. The second-order valence-electron chi connectivity index (χ2n) is 3.39. The van der Waals surface area contributed by atoms with E-state index in [1.807, 2.05) is 7.05 Å². The third-order valence-electron chi connectivity index (χ3n) is 2.27. The topological polar surface area (TPSA) is 21.3 Å². The maximum atomic E-state index is 5.68. The van der Waals surface area contributed by atoms with Gasteiger partial charge in [-0.2, -0.15) is 0 Å². The van der Waals surface area contributed by atoms with Crippen molar-refractivity contribution >= 4 is 0 Å². The van der Waals surface area contributed by atoms with Crippen molar-refractivity contribution in [3.8, 4) is 0 Å². The summed E-state index contributed by atoms with van der Waals surface area (Å²) in [5, 5.41) is 3.15. The standard InChI is InChI=1S/C9H19NO/c1-8-5-6-9(11-8)4-3-7-10-2/h8-10H,3-7H2,1-2H3. The van der Waals surface area contributed by atoms with E-state index in [4.69, 9.17) is 4.74 Å². The highest BCUT2D eigenvalue weighted by Gasteiger charge is 2.20. The van der Waals surface area contributed by atoms with Crippen LogP contribution in [0.5, 0.6) is 0 Å². The lowest BCUT2D eigenvalue weighted by atomic mass is 10.1. The number of hydrogen-bond donors (Lipinski definition) is 1. The molecule has 0 aromatic heterocycles. The van der Waals surface area contributed by atoms with E-state index in [-0.39, 0.29) is 0 Å². The molecule has 2 heteroatoms. The Hall–Kier alpha value is -0.0800. The summed E-state index contributed by atoms with van der Waals surface area (Å²) in [6.45, 7) is 3.28. The van der Waals surface area contributed by atoms with Gasteiger partial charge in [0.15, 0.2) is 0 Å². The predicted molar refractivity (Wildman–Crippen MR) is 46.7 cm³/mol. The largest absolute Gasteiger partial charge is 0.375 e. The smallest absolute Gasteiger partial charge is 0.0580 e. The molecule has 66 valence electrons. The fraction of sp³-hybridized carbons (Fsp3) is 1.00. The number of rotatable bonds is 4. The summed E-state index contributed by atoms with van der Waals surface area (Å²) in [6.07, 6.45) is 6.06. The summed E-state index contributed by atoms with van der Waals surface area (Å²) < 4.78 is 5.68.